The molecule has 2 N–H and O–H groups in total. The van der Waals surface area contributed by atoms with Gasteiger partial charge < -0.3 is 24.6 Å². The number of cyclic esters (lactones) is 1. The minimum Gasteiger partial charge on any atom is -0.454 e. The van der Waals surface area contributed by atoms with Gasteiger partial charge in [-0.25, -0.2) is 13.2 Å². The van der Waals surface area contributed by atoms with E-state index in [1.54, 1.807) is 24.3 Å². The molecule has 0 saturated carbocycles. The number of hydrogen-bond acceptors (Lipinski definition) is 10. The van der Waals surface area contributed by atoms with Crippen LogP contribution in [0.3, 0.4) is 0 Å². The van der Waals surface area contributed by atoms with Crippen molar-refractivity contribution in [3.8, 4) is 11.5 Å². The maximum Gasteiger partial charge on any atom is 0.415 e. The molecule has 244 valence electrons. The molecule has 2 amide bonds. The van der Waals surface area contributed by atoms with Crippen LogP contribution >= 0.6 is 0 Å². The minimum absolute atomic E-state index is 0.0204. The van der Waals surface area contributed by atoms with Crippen molar-refractivity contribution in [2.24, 2.45) is 5.92 Å². The minimum atomic E-state index is -4.12. The van der Waals surface area contributed by atoms with Crippen LogP contribution in [-0.2, 0) is 26.0 Å². The van der Waals surface area contributed by atoms with Gasteiger partial charge >= 0.3 is 6.09 Å². The molecule has 0 spiro atoms. The van der Waals surface area contributed by atoms with Gasteiger partial charge in [0, 0.05) is 31.3 Å². The molecule has 0 unspecified atom stereocenters. The van der Waals surface area contributed by atoms with E-state index in [9.17, 15) is 33.2 Å². The molecule has 2 aliphatic heterocycles. The number of hydrogen-bond donors (Lipinski definition) is 2. The normalized spacial score (nSPS) is 17.2. The number of nitro groups is 1. The Morgan fingerprint density at radius 2 is 1.80 bits per heavy atom. The Balaban J connectivity index is 1.35. The van der Waals surface area contributed by atoms with E-state index in [-0.39, 0.29) is 55.0 Å². The number of benzene rings is 3. The first-order valence-corrected chi connectivity index (χ1v) is 16.0. The first kappa shape index (κ1) is 32.7. The molecule has 46 heavy (non-hydrogen) atoms. The number of aliphatic hydroxyl groups excluding tert-OH is 1. The van der Waals surface area contributed by atoms with E-state index in [2.05, 4.69) is 5.32 Å². The molecule has 2 aliphatic rings. The summed E-state index contributed by atoms with van der Waals surface area (Å²) < 4.78 is 44.8. The predicted molar refractivity (Wildman–Crippen MR) is 165 cm³/mol. The summed E-state index contributed by atoms with van der Waals surface area (Å²) in [5.41, 5.74) is 0.724. The lowest BCUT2D eigenvalue weighted by Gasteiger charge is -2.31. The fourth-order valence-corrected chi connectivity index (χ4v) is 6.85. The van der Waals surface area contributed by atoms with Gasteiger partial charge in [-0.2, -0.15) is 4.31 Å². The monoisotopic (exact) mass is 654 g/mol. The Labute approximate surface area is 265 Å². The molecule has 1 fully saturated rings. The third kappa shape index (κ3) is 7.38. The molecule has 0 radical (unpaired) electrons. The summed E-state index contributed by atoms with van der Waals surface area (Å²) in [6.07, 6.45) is -3.39. The van der Waals surface area contributed by atoms with Crippen LogP contribution in [0.1, 0.15) is 19.4 Å². The average molecular weight is 655 g/mol. The number of ether oxygens (including phenoxy) is 3. The highest BCUT2D eigenvalue weighted by Crippen LogP contribution is 2.35. The molecular formula is C31H34N4O10S. The molecule has 3 aromatic rings. The molecule has 1 saturated heterocycles. The van der Waals surface area contributed by atoms with Crippen LogP contribution in [-0.4, -0.2) is 79.4 Å². The van der Waals surface area contributed by atoms with Crippen molar-refractivity contribution in [2.75, 3.05) is 31.3 Å². The van der Waals surface area contributed by atoms with E-state index in [1.165, 1.54) is 46.8 Å². The predicted octanol–water partition coefficient (Wildman–Crippen LogP) is 3.08. The van der Waals surface area contributed by atoms with Crippen molar-refractivity contribution in [3.63, 3.8) is 0 Å². The van der Waals surface area contributed by atoms with E-state index in [4.69, 9.17) is 14.2 Å². The van der Waals surface area contributed by atoms with Crippen molar-refractivity contribution >= 4 is 33.4 Å². The maximum atomic E-state index is 13.8. The number of carbonyl (C=O) groups excluding carboxylic acids is 2. The number of aliphatic hydroxyl groups is 1. The Bertz CT molecular complexity index is 1700. The van der Waals surface area contributed by atoms with Crippen LogP contribution in [0.5, 0.6) is 11.5 Å². The van der Waals surface area contributed by atoms with Gasteiger partial charge in [-0.1, -0.05) is 50.2 Å². The van der Waals surface area contributed by atoms with E-state index in [1.807, 2.05) is 19.9 Å². The summed E-state index contributed by atoms with van der Waals surface area (Å²) in [5.74, 6) is -0.0894. The molecule has 14 nitrogen and oxygen atoms in total. The van der Waals surface area contributed by atoms with Crippen LogP contribution < -0.4 is 19.7 Å². The number of carbonyl (C=O) groups is 2. The molecule has 0 aromatic heterocycles. The first-order chi connectivity index (χ1) is 21.9. The number of nitro benzene ring substituents is 1. The zero-order valence-corrected chi connectivity index (χ0v) is 26.0. The highest BCUT2D eigenvalue weighted by atomic mass is 32.2. The van der Waals surface area contributed by atoms with Crippen molar-refractivity contribution in [1.82, 2.24) is 9.62 Å². The maximum absolute atomic E-state index is 13.8. The number of sulfonamides is 1. The molecule has 15 heteroatoms. The zero-order chi connectivity index (χ0) is 33.0. The molecular weight excluding hydrogens is 620 g/mol. The number of rotatable bonds is 13. The molecule has 5 rings (SSSR count). The quantitative estimate of drug-likeness (QED) is 0.206. The number of fused-ring (bicyclic) bond motifs is 1. The Morgan fingerprint density at radius 1 is 1.07 bits per heavy atom. The van der Waals surface area contributed by atoms with Gasteiger partial charge in [-0.15, -0.1) is 0 Å². The van der Waals surface area contributed by atoms with Gasteiger partial charge in [0.15, 0.2) is 17.6 Å². The van der Waals surface area contributed by atoms with Gasteiger partial charge in [0.25, 0.3) is 11.6 Å². The fraction of sp³-hybridized carbons (Fsp3) is 0.355. The number of anilines is 1. The molecule has 3 atom stereocenters. The SMILES string of the molecule is CC(C)CN(C[C@@H](O)[C@H](Cc1ccccc1)NC(=O)[C@@H]1CN(c2cccc([N+](=O)[O-])c2)C(=O)O1)S(=O)(=O)c1ccc2c(c1)OCO2. The molecule has 0 aliphatic carbocycles. The van der Waals surface area contributed by atoms with Gasteiger partial charge in [0.2, 0.25) is 16.8 Å². The summed E-state index contributed by atoms with van der Waals surface area (Å²) in [4.78, 5) is 37.8. The number of nitrogens with zero attached hydrogens (tertiary/aromatic N) is 3. The largest absolute Gasteiger partial charge is 0.454 e. The summed E-state index contributed by atoms with van der Waals surface area (Å²) in [6.45, 7) is 3.18. The van der Waals surface area contributed by atoms with E-state index in [0.717, 1.165) is 10.5 Å². The Hall–Kier alpha value is -4.73. The lowest BCUT2D eigenvalue weighted by Crippen LogP contribution is -2.53. The third-order valence-corrected chi connectivity index (χ3v) is 9.32. The summed E-state index contributed by atoms with van der Waals surface area (Å²) in [6, 6.07) is 17.7. The average Bonchev–Trinajstić information content (AvgIpc) is 3.67. The van der Waals surface area contributed by atoms with Crippen LogP contribution in [0.25, 0.3) is 0 Å². The van der Waals surface area contributed by atoms with E-state index >= 15 is 0 Å². The smallest absolute Gasteiger partial charge is 0.415 e. The van der Waals surface area contributed by atoms with Crippen LogP contribution in [0.4, 0.5) is 16.2 Å². The molecule has 2 heterocycles. The Morgan fingerprint density at radius 3 is 2.52 bits per heavy atom. The summed E-state index contributed by atoms with van der Waals surface area (Å²) >= 11 is 0. The zero-order valence-electron chi connectivity index (χ0n) is 25.1. The van der Waals surface area contributed by atoms with Gasteiger partial charge in [0.05, 0.1) is 34.2 Å². The standard InChI is InChI=1S/C31H34N4O10S/c1-20(2)16-33(46(41,42)24-11-12-27-28(15-24)44-19-43-27)17-26(36)25(13-21-7-4-3-5-8-21)32-30(37)29-18-34(31(38)45-29)22-9-6-10-23(14-22)35(39)40/h3-12,14-15,20,25-26,29,36H,13,16-19H2,1-2H3,(H,32,37)/t25-,26+,29-/m0/s1. The molecule has 0 bridgehead atoms. The lowest BCUT2D eigenvalue weighted by atomic mass is 10.0. The van der Waals surface area contributed by atoms with Crippen molar-refractivity contribution < 1.29 is 42.2 Å². The lowest BCUT2D eigenvalue weighted by molar-refractivity contribution is -0.384. The second kappa shape index (κ2) is 13.7. The highest BCUT2D eigenvalue weighted by Gasteiger charge is 2.39. The van der Waals surface area contributed by atoms with Crippen LogP contribution in [0, 0.1) is 16.0 Å². The Kier molecular flexibility index (Phi) is 9.74. The number of amides is 2. The summed E-state index contributed by atoms with van der Waals surface area (Å²) in [7, 11) is -4.12. The van der Waals surface area contributed by atoms with Crippen LogP contribution in [0.2, 0.25) is 0 Å². The highest BCUT2D eigenvalue weighted by molar-refractivity contribution is 7.89. The van der Waals surface area contributed by atoms with E-state index < -0.39 is 45.2 Å². The summed E-state index contributed by atoms with van der Waals surface area (Å²) in [5, 5.41) is 25.5. The molecule has 3 aromatic carbocycles. The second-order valence-electron chi connectivity index (χ2n) is 11.4. The van der Waals surface area contributed by atoms with Gasteiger partial charge in [-0.05, 0) is 36.1 Å². The third-order valence-electron chi connectivity index (χ3n) is 7.49. The number of non-ortho nitro benzene ring substituents is 1. The fourth-order valence-electron chi connectivity index (χ4n) is 5.21. The number of nitrogens with one attached hydrogen (secondary N) is 1. The second-order valence-corrected chi connectivity index (χ2v) is 13.3. The van der Waals surface area contributed by atoms with Gasteiger partial charge in [0.1, 0.15) is 0 Å². The first-order valence-electron chi connectivity index (χ1n) is 14.6. The van der Waals surface area contributed by atoms with E-state index in [0.29, 0.717) is 11.5 Å². The topological polar surface area (TPSA) is 178 Å². The van der Waals surface area contributed by atoms with Crippen LogP contribution in [0.15, 0.2) is 77.7 Å². The van der Waals surface area contributed by atoms with Gasteiger partial charge in [-0.3, -0.25) is 19.8 Å². The van der Waals surface area contributed by atoms with Crippen molar-refractivity contribution in [3.05, 3.63) is 88.5 Å². The van der Waals surface area contributed by atoms with Crippen molar-refractivity contribution in [2.45, 2.75) is 43.4 Å². The van der Waals surface area contributed by atoms with Crippen molar-refractivity contribution in [1.29, 1.82) is 0 Å².